The van der Waals surface area contributed by atoms with Gasteiger partial charge in [0.2, 0.25) is 5.09 Å². The Bertz CT molecular complexity index is 1150. The molecule has 0 atom stereocenters. The van der Waals surface area contributed by atoms with E-state index in [0.29, 0.717) is 5.69 Å². The largest absolute Gasteiger partial charge is 0.438 e. The lowest BCUT2D eigenvalue weighted by Crippen LogP contribution is -2.40. The molecule has 0 aliphatic rings. The predicted octanol–water partition coefficient (Wildman–Crippen LogP) is 3.13. The molecule has 1 aromatic carbocycles. The molecule has 8 nitrogen and oxygen atoms in total. The van der Waals surface area contributed by atoms with E-state index >= 15 is 0 Å². The van der Waals surface area contributed by atoms with E-state index in [1.807, 2.05) is 44.6 Å². The summed E-state index contributed by atoms with van der Waals surface area (Å²) in [5.41, 5.74) is 1.02. The van der Waals surface area contributed by atoms with Gasteiger partial charge in [-0.25, -0.2) is 13.1 Å². The maximum absolute atomic E-state index is 12.5. The van der Waals surface area contributed by atoms with Gasteiger partial charge in [0.25, 0.3) is 15.9 Å². The highest BCUT2D eigenvalue weighted by Crippen LogP contribution is 2.22. The second-order valence-corrected chi connectivity index (χ2v) is 10.1. The third-order valence-corrected chi connectivity index (χ3v) is 5.96. The summed E-state index contributed by atoms with van der Waals surface area (Å²) in [4.78, 5) is 14.6. The number of amides is 1. The van der Waals surface area contributed by atoms with Crippen molar-refractivity contribution in [2.24, 2.45) is 0 Å². The summed E-state index contributed by atoms with van der Waals surface area (Å²) in [6.07, 6.45) is 2.02. The predicted molar refractivity (Wildman–Crippen MR) is 117 cm³/mol. The molecule has 0 fully saturated rings. The number of hydrogen-bond donors (Lipinski definition) is 2. The van der Waals surface area contributed by atoms with Crippen LogP contribution in [0.4, 0.5) is 5.69 Å². The standard InChI is InChI=1S/C21H28N4O4S/c1-21(2,3)23-30(27,28)19-9-8-18(29-19)20(26)22-16-6-7-17-15(14-16)10-11-25(17)13-12-24(4)5/h6-11,14,23H,12-13H2,1-5H3,(H,22,26). The third-order valence-electron chi connectivity index (χ3n) is 4.33. The van der Waals surface area contributed by atoms with Gasteiger partial charge in [-0.3, -0.25) is 4.79 Å². The molecule has 0 spiro atoms. The van der Waals surface area contributed by atoms with Gasteiger partial charge in [-0.15, -0.1) is 0 Å². The molecule has 0 aliphatic heterocycles. The summed E-state index contributed by atoms with van der Waals surface area (Å²) in [6, 6.07) is 10.3. The molecule has 1 amide bonds. The first-order valence-electron chi connectivity index (χ1n) is 9.63. The number of likely N-dealkylation sites (N-methyl/N-ethyl adjacent to an activating group) is 1. The number of carbonyl (C=O) groups excluding carboxylic acids is 1. The minimum absolute atomic E-state index is 0.0760. The lowest BCUT2D eigenvalue weighted by atomic mass is 10.1. The minimum Gasteiger partial charge on any atom is -0.438 e. The van der Waals surface area contributed by atoms with Gasteiger partial charge < -0.3 is 19.2 Å². The second-order valence-electron chi connectivity index (χ2n) is 8.51. The van der Waals surface area contributed by atoms with Gasteiger partial charge >= 0.3 is 0 Å². The molecule has 2 N–H and O–H groups in total. The molecule has 30 heavy (non-hydrogen) atoms. The van der Waals surface area contributed by atoms with Crippen molar-refractivity contribution < 1.29 is 17.6 Å². The highest BCUT2D eigenvalue weighted by atomic mass is 32.2. The van der Waals surface area contributed by atoms with Crippen LogP contribution in [0.5, 0.6) is 0 Å². The molecule has 0 unspecified atom stereocenters. The maximum atomic E-state index is 12.5. The fourth-order valence-corrected chi connectivity index (χ4v) is 4.37. The third kappa shape index (κ3) is 5.29. The lowest BCUT2D eigenvalue weighted by Gasteiger charge is -2.18. The Hall–Kier alpha value is -2.62. The number of carbonyl (C=O) groups is 1. The van der Waals surface area contributed by atoms with E-state index in [-0.39, 0.29) is 10.9 Å². The van der Waals surface area contributed by atoms with Crippen LogP contribution in [0.15, 0.2) is 52.1 Å². The Kier molecular flexibility index (Phi) is 6.07. The number of anilines is 1. The van der Waals surface area contributed by atoms with Crippen LogP contribution in [0.2, 0.25) is 0 Å². The van der Waals surface area contributed by atoms with Gasteiger partial charge in [0.15, 0.2) is 5.76 Å². The first kappa shape index (κ1) is 22.1. The average Bonchev–Trinajstić information content (AvgIpc) is 3.25. The van der Waals surface area contributed by atoms with Crippen LogP contribution >= 0.6 is 0 Å². The van der Waals surface area contributed by atoms with Crippen LogP contribution in [0.3, 0.4) is 0 Å². The van der Waals surface area contributed by atoms with E-state index in [1.54, 1.807) is 20.8 Å². The molecule has 3 aromatic rings. The molecule has 0 aliphatic carbocycles. The van der Waals surface area contributed by atoms with E-state index in [9.17, 15) is 13.2 Å². The molecule has 0 saturated carbocycles. The summed E-state index contributed by atoms with van der Waals surface area (Å²) >= 11 is 0. The fraction of sp³-hybridized carbons (Fsp3) is 0.381. The number of rotatable bonds is 7. The van der Waals surface area contributed by atoms with Gasteiger partial charge in [-0.1, -0.05) is 0 Å². The Morgan fingerprint density at radius 2 is 1.87 bits per heavy atom. The fourth-order valence-electron chi connectivity index (χ4n) is 3.01. The quantitative estimate of drug-likeness (QED) is 0.598. The summed E-state index contributed by atoms with van der Waals surface area (Å²) in [6.45, 7) is 6.98. The van der Waals surface area contributed by atoms with Gasteiger partial charge in [-0.2, -0.15) is 0 Å². The molecular formula is C21H28N4O4S. The zero-order chi connectivity index (χ0) is 22.1. The maximum Gasteiger partial charge on any atom is 0.291 e. The number of benzene rings is 1. The number of nitrogens with one attached hydrogen (secondary N) is 2. The number of sulfonamides is 1. The number of hydrogen-bond acceptors (Lipinski definition) is 5. The Morgan fingerprint density at radius 1 is 1.13 bits per heavy atom. The van der Waals surface area contributed by atoms with Crippen molar-refractivity contribution in [3.05, 3.63) is 48.4 Å². The zero-order valence-corrected chi connectivity index (χ0v) is 18.7. The highest BCUT2D eigenvalue weighted by molar-refractivity contribution is 7.89. The zero-order valence-electron chi connectivity index (χ0n) is 17.9. The smallest absolute Gasteiger partial charge is 0.291 e. The van der Waals surface area contributed by atoms with Crippen molar-refractivity contribution in [3.63, 3.8) is 0 Å². The van der Waals surface area contributed by atoms with E-state index < -0.39 is 21.5 Å². The van der Waals surface area contributed by atoms with Gasteiger partial charge in [0.05, 0.1) is 0 Å². The van der Waals surface area contributed by atoms with Gasteiger partial charge in [0, 0.05) is 41.4 Å². The number of fused-ring (bicyclic) bond motifs is 1. The van der Waals surface area contributed by atoms with Crippen molar-refractivity contribution in [2.45, 2.75) is 37.9 Å². The van der Waals surface area contributed by atoms with Crippen LogP contribution in [0, 0.1) is 0 Å². The van der Waals surface area contributed by atoms with Crippen LogP contribution in [-0.4, -0.2) is 50.0 Å². The van der Waals surface area contributed by atoms with E-state index in [1.165, 1.54) is 12.1 Å². The number of aromatic nitrogens is 1. The molecule has 3 rings (SSSR count). The highest BCUT2D eigenvalue weighted by Gasteiger charge is 2.26. The Balaban J connectivity index is 1.73. The number of furan rings is 1. The number of nitrogens with zero attached hydrogens (tertiary/aromatic N) is 2. The molecule has 162 valence electrons. The van der Waals surface area contributed by atoms with Crippen LogP contribution in [-0.2, 0) is 16.6 Å². The van der Waals surface area contributed by atoms with Crippen molar-refractivity contribution >= 4 is 32.5 Å². The monoisotopic (exact) mass is 432 g/mol. The van der Waals surface area contributed by atoms with Crippen molar-refractivity contribution in [1.82, 2.24) is 14.2 Å². The molecular weight excluding hydrogens is 404 g/mol. The summed E-state index contributed by atoms with van der Waals surface area (Å²) in [5, 5.41) is 3.47. The van der Waals surface area contributed by atoms with Gasteiger partial charge in [0.1, 0.15) is 0 Å². The van der Waals surface area contributed by atoms with Gasteiger partial charge in [-0.05, 0) is 71.3 Å². The van der Waals surface area contributed by atoms with E-state index in [2.05, 4.69) is 19.5 Å². The molecule has 9 heteroatoms. The lowest BCUT2D eigenvalue weighted by molar-refractivity contribution is 0.0991. The SMILES string of the molecule is CN(C)CCn1ccc2cc(NC(=O)c3ccc(S(=O)(=O)NC(C)(C)C)o3)ccc21. The van der Waals surface area contributed by atoms with Crippen molar-refractivity contribution in [2.75, 3.05) is 26.0 Å². The summed E-state index contributed by atoms with van der Waals surface area (Å²) in [7, 11) is 0.219. The first-order chi connectivity index (χ1) is 13.9. The molecule has 0 saturated heterocycles. The Morgan fingerprint density at radius 3 is 2.53 bits per heavy atom. The summed E-state index contributed by atoms with van der Waals surface area (Å²) < 4.78 is 34.6. The van der Waals surface area contributed by atoms with Crippen molar-refractivity contribution in [1.29, 1.82) is 0 Å². The minimum atomic E-state index is -3.84. The van der Waals surface area contributed by atoms with Crippen LogP contribution in [0.1, 0.15) is 31.3 Å². The van der Waals surface area contributed by atoms with Crippen molar-refractivity contribution in [3.8, 4) is 0 Å². The second kappa shape index (κ2) is 8.25. The van der Waals surface area contributed by atoms with E-state index in [0.717, 1.165) is 24.0 Å². The normalized spacial score (nSPS) is 12.6. The average molecular weight is 433 g/mol. The molecule has 2 aromatic heterocycles. The van der Waals surface area contributed by atoms with E-state index in [4.69, 9.17) is 4.42 Å². The topological polar surface area (TPSA) is 96.6 Å². The molecule has 2 heterocycles. The summed E-state index contributed by atoms with van der Waals surface area (Å²) in [5.74, 6) is -0.591. The first-order valence-corrected chi connectivity index (χ1v) is 11.1. The van der Waals surface area contributed by atoms with Crippen LogP contribution < -0.4 is 10.0 Å². The Labute approximate surface area is 176 Å². The van der Waals surface area contributed by atoms with Crippen LogP contribution in [0.25, 0.3) is 10.9 Å². The molecule has 0 bridgehead atoms. The molecule has 0 radical (unpaired) electrons.